The van der Waals surface area contributed by atoms with Crippen LogP contribution in [-0.4, -0.2) is 5.91 Å². The van der Waals surface area contributed by atoms with Crippen LogP contribution in [0.1, 0.15) is 11.3 Å². The highest BCUT2D eigenvalue weighted by atomic mass is 79.9. The van der Waals surface area contributed by atoms with Crippen LogP contribution in [0.25, 0.3) is 6.08 Å². The van der Waals surface area contributed by atoms with Crippen molar-refractivity contribution >= 4 is 39.2 Å². The van der Waals surface area contributed by atoms with Gasteiger partial charge >= 0.3 is 0 Å². The molecule has 2 rings (SSSR count). The van der Waals surface area contributed by atoms with E-state index in [4.69, 9.17) is 4.42 Å². The number of furan rings is 1. The summed E-state index contributed by atoms with van der Waals surface area (Å²) in [5.74, 6) is 0.530. The van der Waals surface area contributed by atoms with Crippen molar-refractivity contribution in [3.05, 3.63) is 51.0 Å². The third-order valence-corrected chi connectivity index (χ3v) is 3.58. The van der Waals surface area contributed by atoms with Crippen molar-refractivity contribution in [2.75, 3.05) is 0 Å². The summed E-state index contributed by atoms with van der Waals surface area (Å²) in [5, 5.41) is 4.79. The minimum absolute atomic E-state index is 0.135. The molecule has 0 unspecified atom stereocenters. The molecule has 3 nitrogen and oxygen atoms in total. The van der Waals surface area contributed by atoms with Gasteiger partial charge in [-0.1, -0.05) is 0 Å². The zero-order valence-electron chi connectivity index (χ0n) is 8.85. The number of carbonyl (C=O) groups is 1. The Morgan fingerprint density at radius 2 is 2.47 bits per heavy atom. The summed E-state index contributed by atoms with van der Waals surface area (Å²) in [6.45, 7) is 0.531. The van der Waals surface area contributed by atoms with E-state index in [1.54, 1.807) is 35.8 Å². The predicted octanol–water partition coefficient (Wildman–Crippen LogP) is 3.43. The Morgan fingerprint density at radius 1 is 1.59 bits per heavy atom. The van der Waals surface area contributed by atoms with Crippen molar-refractivity contribution in [2.45, 2.75) is 6.54 Å². The molecule has 1 N–H and O–H groups in total. The molecule has 0 atom stereocenters. The van der Waals surface area contributed by atoms with E-state index in [9.17, 15) is 4.79 Å². The van der Waals surface area contributed by atoms with Gasteiger partial charge in [-0.3, -0.25) is 4.79 Å². The Labute approximate surface area is 111 Å². The first kappa shape index (κ1) is 12.1. The van der Waals surface area contributed by atoms with Gasteiger partial charge in [0.25, 0.3) is 0 Å². The van der Waals surface area contributed by atoms with Gasteiger partial charge in [0.05, 0.1) is 10.0 Å². The Hall–Kier alpha value is -1.33. The molecule has 2 aromatic rings. The topological polar surface area (TPSA) is 42.2 Å². The van der Waals surface area contributed by atoms with Crippen LogP contribution < -0.4 is 5.32 Å². The molecule has 2 heterocycles. The lowest BCUT2D eigenvalue weighted by Gasteiger charge is -1.98. The number of hydrogen-bond acceptors (Lipinski definition) is 3. The molecule has 88 valence electrons. The average molecular weight is 312 g/mol. The number of halogens is 1. The second kappa shape index (κ2) is 5.84. The van der Waals surface area contributed by atoms with E-state index in [1.165, 1.54) is 6.08 Å². The molecule has 0 spiro atoms. The number of carbonyl (C=O) groups excluding carboxylic acids is 1. The third-order valence-electron chi connectivity index (χ3n) is 2.03. The van der Waals surface area contributed by atoms with E-state index < -0.39 is 0 Å². The van der Waals surface area contributed by atoms with Crippen LogP contribution in [0.3, 0.4) is 0 Å². The molecule has 1 amide bonds. The van der Waals surface area contributed by atoms with Crippen molar-refractivity contribution in [1.29, 1.82) is 0 Å². The van der Waals surface area contributed by atoms with Crippen molar-refractivity contribution < 1.29 is 9.21 Å². The molecule has 0 radical (unpaired) electrons. The van der Waals surface area contributed by atoms with Crippen molar-refractivity contribution in [2.24, 2.45) is 0 Å². The van der Waals surface area contributed by atoms with Gasteiger partial charge in [0.2, 0.25) is 5.91 Å². The summed E-state index contributed by atoms with van der Waals surface area (Å²) in [6.07, 6.45) is 4.67. The Bertz CT molecular complexity index is 516. The third kappa shape index (κ3) is 3.87. The standard InChI is InChI=1S/C12H10BrNO2S/c13-11-6-9(8-17-11)7-14-12(15)4-3-10-2-1-5-16-10/h1-6,8H,7H2,(H,14,15). The zero-order valence-corrected chi connectivity index (χ0v) is 11.3. The molecular formula is C12H10BrNO2S. The largest absolute Gasteiger partial charge is 0.465 e. The number of amides is 1. The van der Waals surface area contributed by atoms with E-state index in [0.29, 0.717) is 12.3 Å². The van der Waals surface area contributed by atoms with Crippen molar-refractivity contribution in [3.63, 3.8) is 0 Å². The van der Waals surface area contributed by atoms with Crippen LogP contribution in [0.4, 0.5) is 0 Å². The lowest BCUT2D eigenvalue weighted by molar-refractivity contribution is -0.116. The minimum Gasteiger partial charge on any atom is -0.465 e. The molecule has 0 aliphatic rings. The molecule has 0 fully saturated rings. The monoisotopic (exact) mass is 311 g/mol. The number of hydrogen-bond donors (Lipinski definition) is 1. The fourth-order valence-corrected chi connectivity index (χ4v) is 2.44. The van der Waals surface area contributed by atoms with Crippen LogP contribution in [0.5, 0.6) is 0 Å². The van der Waals surface area contributed by atoms with E-state index in [1.807, 2.05) is 11.4 Å². The maximum absolute atomic E-state index is 11.5. The maximum Gasteiger partial charge on any atom is 0.244 e. The first-order chi connectivity index (χ1) is 8.24. The van der Waals surface area contributed by atoms with E-state index >= 15 is 0 Å². The molecule has 17 heavy (non-hydrogen) atoms. The van der Waals surface area contributed by atoms with Crippen LogP contribution >= 0.6 is 27.3 Å². The summed E-state index contributed by atoms with van der Waals surface area (Å²) in [5.41, 5.74) is 1.08. The normalized spacial score (nSPS) is 10.9. The smallest absolute Gasteiger partial charge is 0.244 e. The van der Waals surface area contributed by atoms with Gasteiger partial charge in [0.15, 0.2) is 0 Å². The molecule has 0 aliphatic carbocycles. The average Bonchev–Trinajstić information content (AvgIpc) is 2.95. The van der Waals surface area contributed by atoms with Crippen molar-refractivity contribution in [3.8, 4) is 0 Å². The fourth-order valence-electron chi connectivity index (χ4n) is 1.23. The van der Waals surface area contributed by atoms with Gasteiger partial charge in [-0.15, -0.1) is 11.3 Å². The number of nitrogens with one attached hydrogen (secondary N) is 1. The van der Waals surface area contributed by atoms with Gasteiger partial charge in [-0.25, -0.2) is 0 Å². The summed E-state index contributed by atoms with van der Waals surface area (Å²) in [6, 6.07) is 5.56. The quantitative estimate of drug-likeness (QED) is 0.879. The summed E-state index contributed by atoms with van der Waals surface area (Å²) >= 11 is 4.98. The molecule has 0 saturated heterocycles. The van der Waals surface area contributed by atoms with E-state index in [2.05, 4.69) is 21.2 Å². The van der Waals surface area contributed by atoms with E-state index in [-0.39, 0.29) is 5.91 Å². The maximum atomic E-state index is 11.5. The highest BCUT2D eigenvalue weighted by Crippen LogP contribution is 2.20. The fraction of sp³-hybridized carbons (Fsp3) is 0.0833. The molecule has 5 heteroatoms. The molecule has 0 aromatic carbocycles. The van der Waals surface area contributed by atoms with Gasteiger partial charge in [-0.05, 0) is 51.1 Å². The van der Waals surface area contributed by atoms with Crippen molar-refractivity contribution in [1.82, 2.24) is 5.32 Å². The molecule has 2 aromatic heterocycles. The second-order valence-electron chi connectivity index (χ2n) is 3.33. The number of rotatable bonds is 4. The summed E-state index contributed by atoms with van der Waals surface area (Å²) < 4.78 is 6.14. The van der Waals surface area contributed by atoms with Crippen LogP contribution in [0.15, 0.2) is 44.1 Å². The van der Waals surface area contributed by atoms with Gasteiger partial charge in [0.1, 0.15) is 5.76 Å². The highest BCUT2D eigenvalue weighted by molar-refractivity contribution is 9.11. The van der Waals surface area contributed by atoms with E-state index in [0.717, 1.165) is 9.35 Å². The summed E-state index contributed by atoms with van der Waals surface area (Å²) in [7, 11) is 0. The highest BCUT2D eigenvalue weighted by Gasteiger charge is 1.99. The lowest BCUT2D eigenvalue weighted by atomic mass is 10.3. The van der Waals surface area contributed by atoms with Crippen LogP contribution in [-0.2, 0) is 11.3 Å². The van der Waals surface area contributed by atoms with Crippen LogP contribution in [0, 0.1) is 0 Å². The van der Waals surface area contributed by atoms with Gasteiger partial charge < -0.3 is 9.73 Å². The second-order valence-corrected chi connectivity index (χ2v) is 5.62. The summed E-state index contributed by atoms with van der Waals surface area (Å²) in [4.78, 5) is 11.5. The Morgan fingerprint density at radius 3 is 3.12 bits per heavy atom. The van der Waals surface area contributed by atoms with Crippen LogP contribution in [0.2, 0.25) is 0 Å². The number of thiophene rings is 1. The Kier molecular flexibility index (Phi) is 4.17. The zero-order chi connectivity index (χ0) is 12.1. The molecule has 0 aliphatic heterocycles. The first-order valence-corrected chi connectivity index (χ1v) is 6.63. The molecule has 0 saturated carbocycles. The molecule has 0 bridgehead atoms. The Balaban J connectivity index is 1.82. The first-order valence-electron chi connectivity index (χ1n) is 4.96. The predicted molar refractivity (Wildman–Crippen MR) is 71.6 cm³/mol. The molecular weight excluding hydrogens is 302 g/mol. The van der Waals surface area contributed by atoms with Gasteiger partial charge in [-0.2, -0.15) is 0 Å². The SMILES string of the molecule is O=C(C=Cc1ccco1)NCc1csc(Br)c1. The minimum atomic E-state index is -0.135. The van der Waals surface area contributed by atoms with Gasteiger partial charge in [0, 0.05) is 12.6 Å². The lowest BCUT2D eigenvalue weighted by Crippen LogP contribution is -2.19.